The van der Waals surface area contributed by atoms with E-state index in [-0.39, 0.29) is 48.9 Å². The number of epoxide rings is 1. The summed E-state index contributed by atoms with van der Waals surface area (Å²) in [4.78, 5) is 26.7. The van der Waals surface area contributed by atoms with E-state index in [2.05, 4.69) is 6.92 Å². The van der Waals surface area contributed by atoms with Crippen LogP contribution in [0.4, 0.5) is 0 Å². The fourth-order valence-electron chi connectivity index (χ4n) is 13.0. The number of ether oxygens (including phenoxy) is 6. The molecule has 1 aromatic rings. The van der Waals surface area contributed by atoms with Crippen LogP contribution in [0.5, 0.6) is 0 Å². The van der Waals surface area contributed by atoms with Gasteiger partial charge in [-0.3, -0.25) is 4.79 Å². The van der Waals surface area contributed by atoms with E-state index in [1.54, 1.807) is 31.2 Å². The maximum Gasteiger partial charge on any atom is 0.331 e. The molecule has 0 radical (unpaired) electrons. The number of fused-ring (bicyclic) bond motifs is 3. The summed E-state index contributed by atoms with van der Waals surface area (Å²) in [6.45, 7) is 10.6. The van der Waals surface area contributed by atoms with Crippen molar-refractivity contribution in [2.75, 3.05) is 6.61 Å². The summed E-state index contributed by atoms with van der Waals surface area (Å²) in [5, 5.41) is 63.3. The first-order valence-corrected chi connectivity index (χ1v) is 20.9. The third kappa shape index (κ3) is 5.26. The van der Waals surface area contributed by atoms with Gasteiger partial charge in [-0.2, -0.15) is 0 Å². The first kappa shape index (κ1) is 39.7. The van der Waals surface area contributed by atoms with Crippen LogP contribution < -0.4 is 0 Å². The van der Waals surface area contributed by atoms with E-state index in [1.807, 2.05) is 45.9 Å². The summed E-state index contributed by atoms with van der Waals surface area (Å²) in [6, 6.07) is 9.04. The number of hydrogen-bond donors (Lipinski definition) is 5. The van der Waals surface area contributed by atoms with Crippen LogP contribution in [0.3, 0.4) is 0 Å². The maximum absolute atomic E-state index is 13.7. The quantitative estimate of drug-likeness (QED) is 0.216. The molecule has 5 N–H and O–H groups in total. The van der Waals surface area contributed by atoms with Gasteiger partial charge in [0.25, 0.3) is 0 Å². The topological polar surface area (TPSA) is 194 Å². The molecule has 8 fully saturated rings. The van der Waals surface area contributed by atoms with E-state index in [9.17, 15) is 35.1 Å². The average Bonchev–Trinajstić information content (AvgIpc) is 3.72. The Kier molecular flexibility index (Phi) is 9.16. The van der Waals surface area contributed by atoms with Gasteiger partial charge in [0.2, 0.25) is 0 Å². The number of hydrogen-bond acceptors (Lipinski definition) is 13. The standard InChI is InChI=1S/C44H58O13/c1-22(2)18-32(47)52-29-14-10-11-15-31(46)53-34-23(3)19-30-41(34,50)38(48)40(21-45)36(54-40)33-37-43(51,39(6,49)20-26-16-17-28(29)24(26)4)35-25(5)42(30,33)57-44(55-35,56-37)27-12-8-7-9-13-27/h7-15,22-26,28-30,33-38,45,48-51H,16-21H2,1-6H3/b14-10+,15-11+/t23-,24-,25+,26+,28+,29-,30+,33+,34-,35-,36+,37-,38-,39+,40+,41+,42+,43-,44-/m0/s1. The molecule has 5 heterocycles. The van der Waals surface area contributed by atoms with Gasteiger partial charge in [-0.15, -0.1) is 0 Å². The molecule has 1 spiro atoms. The number of carbonyl (C=O) groups is 2. The molecule has 10 rings (SSSR count). The Balaban J connectivity index is 1.22. The molecule has 19 atom stereocenters. The van der Waals surface area contributed by atoms with E-state index in [0.717, 1.165) is 0 Å². The predicted octanol–water partition coefficient (Wildman–Crippen LogP) is 3.04. The van der Waals surface area contributed by atoms with Gasteiger partial charge in [0, 0.05) is 41.7 Å². The first-order chi connectivity index (χ1) is 26.9. The monoisotopic (exact) mass is 794 g/mol. The summed E-state index contributed by atoms with van der Waals surface area (Å²) in [5.41, 5.74) is -8.82. The van der Waals surface area contributed by atoms with Crippen LogP contribution in [0.1, 0.15) is 79.2 Å². The van der Waals surface area contributed by atoms with E-state index in [1.165, 1.54) is 12.2 Å². The van der Waals surface area contributed by atoms with Gasteiger partial charge < -0.3 is 54.0 Å². The molecule has 312 valence electrons. The van der Waals surface area contributed by atoms with Crippen LogP contribution in [0.2, 0.25) is 0 Å². The molecule has 9 aliphatic rings. The predicted molar refractivity (Wildman–Crippen MR) is 200 cm³/mol. The molecule has 57 heavy (non-hydrogen) atoms. The highest BCUT2D eigenvalue weighted by atomic mass is 16.9. The molecule has 1 aromatic carbocycles. The Morgan fingerprint density at radius 1 is 0.965 bits per heavy atom. The second kappa shape index (κ2) is 13.1. The van der Waals surface area contributed by atoms with Crippen LogP contribution >= 0.6 is 0 Å². The van der Waals surface area contributed by atoms with Crippen LogP contribution in [-0.2, 0) is 44.0 Å². The third-order valence-corrected chi connectivity index (χ3v) is 15.8. The van der Waals surface area contributed by atoms with E-state index in [4.69, 9.17) is 28.4 Å². The Morgan fingerprint density at radius 3 is 2.39 bits per heavy atom. The smallest absolute Gasteiger partial charge is 0.331 e. The molecular weight excluding hydrogens is 736 g/mol. The molecule has 13 nitrogen and oxygen atoms in total. The summed E-state index contributed by atoms with van der Waals surface area (Å²) >= 11 is 0. The summed E-state index contributed by atoms with van der Waals surface area (Å²) in [6.07, 6.45) is 1.15. The van der Waals surface area contributed by atoms with E-state index < -0.39 is 107 Å². The zero-order valence-electron chi connectivity index (χ0n) is 33.5. The zero-order valence-corrected chi connectivity index (χ0v) is 33.5. The van der Waals surface area contributed by atoms with Crippen molar-refractivity contribution in [3.05, 3.63) is 60.2 Å². The summed E-state index contributed by atoms with van der Waals surface area (Å²) < 4.78 is 39.5. The lowest BCUT2D eigenvalue weighted by Gasteiger charge is -2.74. The Morgan fingerprint density at radius 2 is 1.68 bits per heavy atom. The lowest BCUT2D eigenvalue weighted by atomic mass is 9.49. The molecule has 4 aliphatic carbocycles. The van der Waals surface area contributed by atoms with Gasteiger partial charge in [0.15, 0.2) is 0 Å². The maximum atomic E-state index is 13.7. The van der Waals surface area contributed by atoms with Crippen molar-refractivity contribution in [1.29, 1.82) is 0 Å². The van der Waals surface area contributed by atoms with Crippen molar-refractivity contribution in [2.45, 2.75) is 144 Å². The molecular formula is C44H58O13. The number of rotatable bonds is 5. The van der Waals surface area contributed by atoms with Crippen molar-refractivity contribution in [2.24, 2.45) is 47.3 Å². The van der Waals surface area contributed by atoms with Gasteiger partial charge in [-0.05, 0) is 62.4 Å². The average molecular weight is 795 g/mol. The van der Waals surface area contributed by atoms with Crippen molar-refractivity contribution < 1.29 is 63.5 Å². The minimum Gasteiger partial charge on any atom is -0.458 e. The van der Waals surface area contributed by atoms with Gasteiger partial charge in [-0.1, -0.05) is 77.1 Å². The van der Waals surface area contributed by atoms with E-state index >= 15 is 0 Å². The normalized spacial score (nSPS) is 54.4. The number of aliphatic hydroxyl groups is 5. The molecule has 0 amide bonds. The second-order valence-electron chi connectivity index (χ2n) is 19.3. The third-order valence-electron chi connectivity index (χ3n) is 15.8. The van der Waals surface area contributed by atoms with E-state index in [0.29, 0.717) is 18.4 Å². The number of esters is 2. The van der Waals surface area contributed by atoms with Crippen LogP contribution in [0, 0.1) is 47.3 Å². The fourth-order valence-corrected chi connectivity index (χ4v) is 13.0. The van der Waals surface area contributed by atoms with Gasteiger partial charge in [0.1, 0.15) is 53.4 Å². The number of aliphatic hydroxyl groups excluding tert-OH is 2. The minimum absolute atomic E-state index is 0.0620. The Hall–Kier alpha value is -2.72. The molecule has 4 saturated heterocycles. The van der Waals surface area contributed by atoms with Crippen molar-refractivity contribution in [3.8, 4) is 0 Å². The summed E-state index contributed by atoms with van der Waals surface area (Å²) in [7, 11) is 0. The van der Waals surface area contributed by atoms with Crippen molar-refractivity contribution in [1.82, 2.24) is 0 Å². The molecule has 10 bridgehead atoms. The lowest BCUT2D eigenvalue weighted by Crippen LogP contribution is -2.89. The van der Waals surface area contributed by atoms with Crippen LogP contribution in [0.15, 0.2) is 54.6 Å². The molecule has 0 unspecified atom stereocenters. The highest BCUT2D eigenvalue weighted by Gasteiger charge is 2.91. The lowest BCUT2D eigenvalue weighted by molar-refractivity contribution is -0.595. The second-order valence-corrected chi connectivity index (χ2v) is 19.3. The van der Waals surface area contributed by atoms with Gasteiger partial charge >= 0.3 is 17.9 Å². The van der Waals surface area contributed by atoms with Crippen LogP contribution in [0.25, 0.3) is 0 Å². The SMILES string of the molecule is CC(C)CC(=O)O[C@H]1/C=C/C=C/C(=O)O[C@H]2[C@@H](C)C[C@@H]3[C@]2(O)[C@@H](O)[C@]2(CO)O[C@@H]2[C@@H]2[C@@H]4O[C@]5(c6ccccc6)O[C@@H]([C@@H](C)[C@]23O5)[C@@]4(O)[C@](C)(O)C[C@H]2CC[C@@H]1[C@H]2C. The van der Waals surface area contributed by atoms with Crippen molar-refractivity contribution >= 4 is 11.9 Å². The number of benzene rings is 1. The largest absolute Gasteiger partial charge is 0.458 e. The number of allylic oxidation sites excluding steroid dienone is 2. The first-order valence-electron chi connectivity index (χ1n) is 20.9. The van der Waals surface area contributed by atoms with Crippen molar-refractivity contribution in [3.63, 3.8) is 0 Å². The molecule has 5 aliphatic heterocycles. The Labute approximate surface area is 333 Å². The van der Waals surface area contributed by atoms with Crippen LogP contribution in [-0.4, -0.2) is 109 Å². The fraction of sp³-hybridized carbons (Fsp3) is 0.727. The molecule has 4 saturated carbocycles. The van der Waals surface area contributed by atoms with Gasteiger partial charge in [0.05, 0.1) is 17.8 Å². The molecule has 13 heteroatoms. The summed E-state index contributed by atoms with van der Waals surface area (Å²) in [5.74, 6) is -6.33. The highest BCUT2D eigenvalue weighted by Crippen LogP contribution is 2.75. The molecule has 0 aromatic heterocycles. The Bertz CT molecular complexity index is 1830. The highest BCUT2D eigenvalue weighted by molar-refractivity contribution is 5.82. The van der Waals surface area contributed by atoms with Gasteiger partial charge in [-0.25, -0.2) is 4.79 Å². The zero-order chi connectivity index (χ0) is 40.7. The number of carbonyl (C=O) groups excluding carboxylic acids is 2. The minimum atomic E-state index is -2.21.